The van der Waals surface area contributed by atoms with Gasteiger partial charge < -0.3 is 15.6 Å². The third-order valence-corrected chi connectivity index (χ3v) is 2.16. The highest BCUT2D eigenvalue weighted by Crippen LogP contribution is 2.38. The number of nitrogens with one attached hydrogen (secondary N) is 1. The van der Waals surface area contributed by atoms with E-state index >= 15 is 0 Å². The second-order valence-corrected chi connectivity index (χ2v) is 3.06. The van der Waals surface area contributed by atoms with Gasteiger partial charge in [-0.3, -0.25) is 5.10 Å². The molecule has 0 aliphatic heterocycles. The van der Waals surface area contributed by atoms with Crippen LogP contribution in [0, 0.1) is 0 Å². The van der Waals surface area contributed by atoms with Crippen molar-refractivity contribution >= 4 is 5.82 Å². The van der Waals surface area contributed by atoms with E-state index in [-0.39, 0.29) is 5.75 Å². The molecule has 78 valence electrons. The topological polar surface area (TPSA) is 84.2 Å². The Morgan fingerprint density at radius 1 is 1.40 bits per heavy atom. The molecule has 5 heteroatoms. The lowest BCUT2D eigenvalue weighted by Crippen LogP contribution is -1.91. The number of hydrogen-bond donors (Lipinski definition) is 3. The first-order valence-corrected chi connectivity index (χ1v) is 4.39. The van der Waals surface area contributed by atoms with Crippen molar-refractivity contribution in [1.82, 2.24) is 10.2 Å². The molecule has 0 unspecified atom stereocenters. The van der Waals surface area contributed by atoms with E-state index < -0.39 is 0 Å². The van der Waals surface area contributed by atoms with Gasteiger partial charge in [-0.2, -0.15) is 5.10 Å². The third kappa shape index (κ3) is 1.48. The second kappa shape index (κ2) is 3.53. The number of aromatic nitrogens is 2. The number of aromatic hydroxyl groups is 1. The smallest absolute Gasteiger partial charge is 0.168 e. The summed E-state index contributed by atoms with van der Waals surface area (Å²) in [5.41, 5.74) is 7.11. The van der Waals surface area contributed by atoms with Crippen molar-refractivity contribution in [2.45, 2.75) is 0 Å². The third-order valence-electron chi connectivity index (χ3n) is 2.16. The molecule has 1 aromatic carbocycles. The van der Waals surface area contributed by atoms with Crippen LogP contribution in [0.1, 0.15) is 0 Å². The lowest BCUT2D eigenvalue weighted by molar-refractivity contribution is 0.375. The van der Waals surface area contributed by atoms with Crippen LogP contribution in [-0.2, 0) is 0 Å². The van der Waals surface area contributed by atoms with Gasteiger partial charge in [-0.1, -0.05) is 12.1 Å². The zero-order valence-corrected chi connectivity index (χ0v) is 8.19. The summed E-state index contributed by atoms with van der Waals surface area (Å²) in [5.74, 6) is 0.917. The van der Waals surface area contributed by atoms with Crippen LogP contribution in [0.4, 0.5) is 5.82 Å². The number of phenolic OH excluding ortho intramolecular Hbond substituents is 1. The molecule has 1 aromatic heterocycles. The number of anilines is 1. The van der Waals surface area contributed by atoms with Crippen molar-refractivity contribution in [3.05, 3.63) is 24.4 Å². The van der Waals surface area contributed by atoms with E-state index in [0.29, 0.717) is 22.7 Å². The summed E-state index contributed by atoms with van der Waals surface area (Å²) in [5, 5.41) is 16.0. The molecule has 0 aliphatic rings. The molecule has 0 spiro atoms. The molecule has 0 saturated heterocycles. The number of hydrogen-bond acceptors (Lipinski definition) is 4. The van der Waals surface area contributed by atoms with E-state index in [1.807, 2.05) is 0 Å². The number of rotatable bonds is 2. The molecule has 4 N–H and O–H groups in total. The van der Waals surface area contributed by atoms with E-state index in [9.17, 15) is 5.11 Å². The van der Waals surface area contributed by atoms with Gasteiger partial charge >= 0.3 is 0 Å². The summed E-state index contributed by atoms with van der Waals surface area (Å²) in [6.07, 6.45) is 1.59. The Balaban J connectivity index is 2.63. The van der Waals surface area contributed by atoms with Crippen LogP contribution in [0.5, 0.6) is 11.5 Å². The van der Waals surface area contributed by atoms with Crippen LogP contribution in [0.3, 0.4) is 0 Å². The molecule has 5 nitrogen and oxygen atoms in total. The summed E-state index contributed by atoms with van der Waals surface area (Å²) < 4.78 is 5.11. The first kappa shape index (κ1) is 9.39. The van der Waals surface area contributed by atoms with E-state index in [1.165, 1.54) is 7.11 Å². The van der Waals surface area contributed by atoms with Gasteiger partial charge in [0.2, 0.25) is 0 Å². The zero-order chi connectivity index (χ0) is 10.8. The Hall–Kier alpha value is -2.17. The first-order chi connectivity index (χ1) is 7.24. The van der Waals surface area contributed by atoms with Crippen LogP contribution in [0.2, 0.25) is 0 Å². The largest absolute Gasteiger partial charge is 0.504 e. The monoisotopic (exact) mass is 205 g/mol. The highest BCUT2D eigenvalue weighted by Gasteiger charge is 2.13. The van der Waals surface area contributed by atoms with Gasteiger partial charge in [0.05, 0.1) is 13.3 Å². The molecule has 2 rings (SSSR count). The molecule has 0 amide bonds. The highest BCUT2D eigenvalue weighted by molar-refractivity contribution is 5.79. The first-order valence-electron chi connectivity index (χ1n) is 4.39. The number of nitrogen functional groups attached to an aromatic ring is 1. The SMILES string of the molecule is COc1c(O)cccc1-c1cn[nH]c1N. The van der Waals surface area contributed by atoms with Gasteiger partial charge in [-0.05, 0) is 6.07 Å². The fourth-order valence-corrected chi connectivity index (χ4v) is 1.46. The summed E-state index contributed by atoms with van der Waals surface area (Å²) in [7, 11) is 1.49. The second-order valence-electron chi connectivity index (χ2n) is 3.06. The van der Waals surface area contributed by atoms with Crippen molar-refractivity contribution in [3.8, 4) is 22.6 Å². The Bertz CT molecular complexity index is 479. The summed E-state index contributed by atoms with van der Waals surface area (Å²) in [6.45, 7) is 0. The minimum absolute atomic E-state index is 0.0793. The number of aromatic amines is 1. The fraction of sp³-hybridized carbons (Fsp3) is 0.100. The molecule has 0 atom stereocenters. The van der Waals surface area contributed by atoms with Crippen molar-refractivity contribution < 1.29 is 9.84 Å². The average molecular weight is 205 g/mol. The molecule has 2 aromatic rings. The van der Waals surface area contributed by atoms with E-state index in [2.05, 4.69) is 10.2 Å². The number of para-hydroxylation sites is 1. The van der Waals surface area contributed by atoms with Gasteiger partial charge in [0.15, 0.2) is 11.5 Å². The Morgan fingerprint density at radius 2 is 2.20 bits per heavy atom. The molecule has 0 aliphatic carbocycles. The molecular formula is C10H11N3O2. The van der Waals surface area contributed by atoms with Gasteiger partial charge in [0.25, 0.3) is 0 Å². The Kier molecular flexibility index (Phi) is 2.21. The molecule has 0 saturated carbocycles. The maximum atomic E-state index is 9.58. The molecule has 0 fully saturated rings. The number of phenols is 1. The van der Waals surface area contributed by atoms with Crippen LogP contribution >= 0.6 is 0 Å². The molecule has 0 radical (unpaired) electrons. The van der Waals surface area contributed by atoms with Crippen LogP contribution in [-0.4, -0.2) is 22.4 Å². The number of benzene rings is 1. The highest BCUT2D eigenvalue weighted by atomic mass is 16.5. The minimum atomic E-state index is 0.0793. The van der Waals surface area contributed by atoms with Gasteiger partial charge in [-0.25, -0.2) is 0 Å². The fourth-order valence-electron chi connectivity index (χ4n) is 1.46. The summed E-state index contributed by atoms with van der Waals surface area (Å²) in [6, 6.07) is 5.08. The Labute approximate surface area is 86.5 Å². The molecule has 1 heterocycles. The van der Waals surface area contributed by atoms with Crippen molar-refractivity contribution in [2.24, 2.45) is 0 Å². The van der Waals surface area contributed by atoms with Crippen molar-refractivity contribution in [3.63, 3.8) is 0 Å². The van der Waals surface area contributed by atoms with Crippen molar-refractivity contribution in [1.29, 1.82) is 0 Å². The Morgan fingerprint density at radius 3 is 2.80 bits per heavy atom. The van der Waals surface area contributed by atoms with Crippen LogP contribution in [0.15, 0.2) is 24.4 Å². The molecule has 15 heavy (non-hydrogen) atoms. The van der Waals surface area contributed by atoms with Crippen LogP contribution in [0.25, 0.3) is 11.1 Å². The standard InChI is InChI=1S/C10H11N3O2/c1-15-9-6(3-2-4-8(9)14)7-5-12-13-10(7)11/h2-5,14H,1H3,(H3,11,12,13). The van der Waals surface area contributed by atoms with Crippen LogP contribution < -0.4 is 10.5 Å². The normalized spacial score (nSPS) is 10.2. The maximum absolute atomic E-state index is 9.58. The van der Waals surface area contributed by atoms with E-state index in [4.69, 9.17) is 10.5 Å². The predicted molar refractivity (Wildman–Crippen MR) is 56.7 cm³/mol. The van der Waals surface area contributed by atoms with Crippen molar-refractivity contribution in [2.75, 3.05) is 12.8 Å². The van der Waals surface area contributed by atoms with Gasteiger partial charge in [-0.15, -0.1) is 0 Å². The maximum Gasteiger partial charge on any atom is 0.168 e. The summed E-state index contributed by atoms with van der Waals surface area (Å²) in [4.78, 5) is 0. The number of nitrogens with two attached hydrogens (primary N) is 1. The molecular weight excluding hydrogens is 194 g/mol. The number of H-pyrrole nitrogens is 1. The number of ether oxygens (including phenoxy) is 1. The van der Waals surface area contributed by atoms with E-state index in [1.54, 1.807) is 24.4 Å². The number of nitrogens with zero attached hydrogens (tertiary/aromatic N) is 1. The average Bonchev–Trinajstić information content (AvgIpc) is 2.64. The lowest BCUT2D eigenvalue weighted by atomic mass is 10.1. The summed E-state index contributed by atoms with van der Waals surface area (Å²) >= 11 is 0. The van der Waals surface area contributed by atoms with Gasteiger partial charge in [0, 0.05) is 11.1 Å². The zero-order valence-electron chi connectivity index (χ0n) is 8.19. The lowest BCUT2D eigenvalue weighted by Gasteiger charge is -2.08. The minimum Gasteiger partial charge on any atom is -0.504 e. The quantitative estimate of drug-likeness (QED) is 0.691. The van der Waals surface area contributed by atoms with Gasteiger partial charge in [0.1, 0.15) is 5.82 Å². The van der Waals surface area contributed by atoms with E-state index in [0.717, 1.165) is 0 Å². The molecule has 0 bridgehead atoms. The predicted octanol–water partition coefficient (Wildman–Crippen LogP) is 1.37. The number of methoxy groups -OCH3 is 1.